The van der Waals surface area contributed by atoms with E-state index in [4.69, 9.17) is 0 Å². The maximum atomic E-state index is 13.5. The number of carbonyl (C=O) groups is 1. The molecule has 0 spiro atoms. The fraction of sp³-hybridized carbons (Fsp3) is 0.409. The van der Waals surface area contributed by atoms with Gasteiger partial charge in [0.15, 0.2) is 11.6 Å². The summed E-state index contributed by atoms with van der Waals surface area (Å²) in [4.78, 5) is 12.4. The zero-order chi connectivity index (χ0) is 22.5. The number of nitrogens with zero attached hydrogens (tertiary/aromatic N) is 1. The molecule has 2 aromatic rings. The molecule has 0 aromatic heterocycles. The summed E-state index contributed by atoms with van der Waals surface area (Å²) in [6, 6.07) is 8.85. The first-order valence-electron chi connectivity index (χ1n) is 9.82. The number of amides is 1. The quantitative estimate of drug-likeness (QED) is 0.631. The van der Waals surface area contributed by atoms with E-state index in [1.807, 2.05) is 32.9 Å². The van der Waals surface area contributed by atoms with Crippen molar-refractivity contribution >= 4 is 21.6 Å². The smallest absolute Gasteiger partial charge is 0.232 e. The van der Waals surface area contributed by atoms with Gasteiger partial charge in [0.2, 0.25) is 15.9 Å². The summed E-state index contributed by atoms with van der Waals surface area (Å²) in [6.45, 7) is 6.01. The molecule has 0 aliphatic heterocycles. The van der Waals surface area contributed by atoms with Crippen LogP contribution in [0.5, 0.6) is 0 Å². The number of benzene rings is 2. The van der Waals surface area contributed by atoms with Gasteiger partial charge in [-0.25, -0.2) is 17.2 Å². The topological polar surface area (TPSA) is 66.5 Å². The lowest BCUT2D eigenvalue weighted by Crippen LogP contribution is -2.33. The summed E-state index contributed by atoms with van der Waals surface area (Å²) >= 11 is 0. The molecule has 8 heteroatoms. The van der Waals surface area contributed by atoms with Crippen LogP contribution in [0.1, 0.15) is 48.9 Å². The summed E-state index contributed by atoms with van der Waals surface area (Å²) in [6.07, 6.45) is 2.05. The minimum Gasteiger partial charge on any atom is -0.349 e. The average Bonchev–Trinajstić information content (AvgIpc) is 2.67. The molecule has 0 aliphatic rings. The number of anilines is 1. The highest BCUT2D eigenvalue weighted by Crippen LogP contribution is 2.22. The fourth-order valence-corrected chi connectivity index (χ4v) is 4.14. The Bertz CT molecular complexity index is 1010. The van der Waals surface area contributed by atoms with Crippen LogP contribution in [0, 0.1) is 25.5 Å². The van der Waals surface area contributed by atoms with Crippen molar-refractivity contribution in [1.29, 1.82) is 0 Å². The molecular formula is C22H28F2N2O3S. The molecule has 0 bridgehead atoms. The van der Waals surface area contributed by atoms with Crippen LogP contribution in [-0.2, 0) is 14.8 Å². The third-order valence-electron chi connectivity index (χ3n) is 5.03. The van der Waals surface area contributed by atoms with Crippen molar-refractivity contribution in [3.8, 4) is 0 Å². The van der Waals surface area contributed by atoms with Crippen molar-refractivity contribution in [1.82, 2.24) is 5.32 Å². The van der Waals surface area contributed by atoms with Gasteiger partial charge in [-0.3, -0.25) is 9.10 Å². The van der Waals surface area contributed by atoms with E-state index in [2.05, 4.69) is 11.4 Å². The lowest BCUT2D eigenvalue weighted by molar-refractivity contribution is -0.121. The maximum absolute atomic E-state index is 13.5. The Morgan fingerprint density at radius 1 is 1.07 bits per heavy atom. The number of nitrogens with one attached hydrogen (secondary N) is 1. The molecule has 0 heterocycles. The Labute approximate surface area is 177 Å². The SMILES string of the molecule is CC[C@H](NC(=O)CCCN(c1ccc(F)c(F)c1)S(C)(=O)=O)c1ccc(C)c(C)c1. The maximum Gasteiger partial charge on any atom is 0.232 e. The minimum atomic E-state index is -3.71. The molecule has 0 fully saturated rings. The van der Waals surface area contributed by atoms with Crippen molar-refractivity contribution in [2.75, 3.05) is 17.1 Å². The standard InChI is InChI=1S/C22H28F2N2O3S/c1-5-21(17-9-8-15(2)16(3)13-17)25-22(27)7-6-12-26(30(4,28)29)18-10-11-19(23)20(24)14-18/h8-11,13-14,21H,5-7,12H2,1-4H3,(H,25,27)/t21-/m0/s1. The van der Waals surface area contributed by atoms with Crippen LogP contribution < -0.4 is 9.62 Å². The Morgan fingerprint density at radius 2 is 1.77 bits per heavy atom. The van der Waals surface area contributed by atoms with E-state index in [0.29, 0.717) is 0 Å². The summed E-state index contributed by atoms with van der Waals surface area (Å²) in [5.74, 6) is -2.37. The third-order valence-corrected chi connectivity index (χ3v) is 6.23. The second kappa shape index (κ2) is 10.0. The largest absolute Gasteiger partial charge is 0.349 e. The van der Waals surface area contributed by atoms with Crippen LogP contribution >= 0.6 is 0 Å². The fourth-order valence-electron chi connectivity index (χ4n) is 3.18. The van der Waals surface area contributed by atoms with Crippen LogP contribution in [0.15, 0.2) is 36.4 Å². The highest BCUT2D eigenvalue weighted by Gasteiger charge is 2.20. The van der Waals surface area contributed by atoms with E-state index < -0.39 is 21.7 Å². The number of sulfonamides is 1. The van der Waals surface area contributed by atoms with Gasteiger partial charge >= 0.3 is 0 Å². The number of carbonyl (C=O) groups excluding carboxylic acids is 1. The van der Waals surface area contributed by atoms with Gasteiger partial charge in [0.05, 0.1) is 18.0 Å². The van der Waals surface area contributed by atoms with E-state index in [1.165, 1.54) is 11.6 Å². The molecule has 0 radical (unpaired) electrons. The molecule has 0 saturated heterocycles. The highest BCUT2D eigenvalue weighted by atomic mass is 32.2. The molecule has 5 nitrogen and oxygen atoms in total. The summed E-state index contributed by atoms with van der Waals surface area (Å²) in [5, 5.41) is 2.98. The Hall–Kier alpha value is -2.48. The van der Waals surface area contributed by atoms with E-state index in [0.717, 1.165) is 40.2 Å². The zero-order valence-electron chi connectivity index (χ0n) is 17.7. The van der Waals surface area contributed by atoms with E-state index in [1.54, 1.807) is 0 Å². The Balaban J connectivity index is 2.01. The Morgan fingerprint density at radius 3 is 2.33 bits per heavy atom. The van der Waals surface area contributed by atoms with Crippen LogP contribution in [0.3, 0.4) is 0 Å². The van der Waals surface area contributed by atoms with Crippen LogP contribution in [-0.4, -0.2) is 27.1 Å². The van der Waals surface area contributed by atoms with Crippen molar-refractivity contribution in [3.63, 3.8) is 0 Å². The normalized spacial score (nSPS) is 12.5. The van der Waals surface area contributed by atoms with Crippen molar-refractivity contribution in [3.05, 3.63) is 64.7 Å². The first-order chi connectivity index (χ1) is 14.0. The number of halogens is 2. The molecule has 30 heavy (non-hydrogen) atoms. The third kappa shape index (κ3) is 6.26. The first-order valence-corrected chi connectivity index (χ1v) is 11.7. The molecule has 1 N–H and O–H groups in total. The molecule has 0 unspecified atom stereocenters. The molecule has 1 atom stereocenters. The van der Waals surface area contributed by atoms with Gasteiger partial charge in [-0.05, 0) is 55.5 Å². The van der Waals surface area contributed by atoms with Crippen LogP contribution in [0.25, 0.3) is 0 Å². The molecule has 2 aromatic carbocycles. The van der Waals surface area contributed by atoms with Crippen molar-refractivity contribution in [2.45, 2.75) is 46.1 Å². The molecule has 164 valence electrons. The number of hydrogen-bond donors (Lipinski definition) is 1. The van der Waals surface area contributed by atoms with Crippen LogP contribution in [0.4, 0.5) is 14.5 Å². The van der Waals surface area contributed by atoms with Gasteiger partial charge in [0, 0.05) is 19.0 Å². The predicted octanol–water partition coefficient (Wildman–Crippen LogP) is 4.40. The second-order valence-electron chi connectivity index (χ2n) is 7.41. The van der Waals surface area contributed by atoms with E-state index in [9.17, 15) is 22.0 Å². The van der Waals surface area contributed by atoms with E-state index >= 15 is 0 Å². The molecule has 2 rings (SSSR count). The van der Waals surface area contributed by atoms with Gasteiger partial charge < -0.3 is 5.32 Å². The summed E-state index contributed by atoms with van der Waals surface area (Å²) in [7, 11) is -3.71. The van der Waals surface area contributed by atoms with E-state index in [-0.39, 0.29) is 37.0 Å². The second-order valence-corrected chi connectivity index (χ2v) is 9.32. The lowest BCUT2D eigenvalue weighted by atomic mass is 9.99. The van der Waals surface area contributed by atoms with Gasteiger partial charge in [-0.1, -0.05) is 25.1 Å². The summed E-state index contributed by atoms with van der Waals surface area (Å²) < 4.78 is 51.8. The number of aryl methyl sites for hydroxylation is 2. The van der Waals surface area contributed by atoms with Gasteiger partial charge in [0.1, 0.15) is 0 Å². The lowest BCUT2D eigenvalue weighted by Gasteiger charge is -2.23. The Kier molecular flexibility index (Phi) is 7.95. The zero-order valence-corrected chi connectivity index (χ0v) is 18.5. The van der Waals surface area contributed by atoms with Crippen molar-refractivity contribution < 1.29 is 22.0 Å². The average molecular weight is 439 g/mol. The molecule has 0 aliphatic carbocycles. The minimum absolute atomic E-state index is 0.0161. The number of hydrogen-bond acceptors (Lipinski definition) is 3. The highest BCUT2D eigenvalue weighted by molar-refractivity contribution is 7.92. The number of rotatable bonds is 9. The molecular weight excluding hydrogens is 410 g/mol. The van der Waals surface area contributed by atoms with Crippen molar-refractivity contribution in [2.24, 2.45) is 0 Å². The molecule has 0 saturated carbocycles. The van der Waals surface area contributed by atoms with Gasteiger partial charge in [0.25, 0.3) is 0 Å². The summed E-state index contributed by atoms with van der Waals surface area (Å²) in [5.41, 5.74) is 3.38. The first kappa shape index (κ1) is 23.8. The monoisotopic (exact) mass is 438 g/mol. The predicted molar refractivity (Wildman–Crippen MR) is 115 cm³/mol. The van der Waals surface area contributed by atoms with Gasteiger partial charge in [-0.2, -0.15) is 0 Å². The van der Waals surface area contributed by atoms with Crippen LogP contribution in [0.2, 0.25) is 0 Å². The van der Waals surface area contributed by atoms with Gasteiger partial charge in [-0.15, -0.1) is 0 Å². The molecule has 1 amide bonds.